The van der Waals surface area contributed by atoms with Crippen molar-refractivity contribution in [3.63, 3.8) is 0 Å². The fraction of sp³-hybridized carbons (Fsp3) is 0.727. The molecular weight excluding hydrogens is 368 g/mol. The first-order valence-electron chi connectivity index (χ1n) is 11.0. The quantitative estimate of drug-likeness (QED) is 0.347. The van der Waals surface area contributed by atoms with E-state index >= 15 is 0 Å². The van der Waals surface area contributed by atoms with Crippen LogP contribution < -0.4 is 10.1 Å². The van der Waals surface area contributed by atoms with Gasteiger partial charge in [-0.15, -0.1) is 0 Å². The second-order valence-electron chi connectivity index (χ2n) is 7.83. The fourth-order valence-corrected chi connectivity index (χ4v) is 3.36. The molecule has 1 aromatic heterocycles. The molecule has 1 aromatic rings. The summed E-state index contributed by atoms with van der Waals surface area (Å²) in [5.74, 6) is 2.42. The highest BCUT2D eigenvalue weighted by molar-refractivity contribution is 5.80. The zero-order valence-electron chi connectivity index (χ0n) is 17.9. The lowest BCUT2D eigenvalue weighted by atomic mass is 10.1. The molecule has 7 heteroatoms. The first-order chi connectivity index (χ1) is 14.3. The minimum Gasteiger partial charge on any atom is -0.477 e. The van der Waals surface area contributed by atoms with Gasteiger partial charge in [0.2, 0.25) is 5.88 Å². The molecule has 1 N–H and O–H groups in total. The van der Waals surface area contributed by atoms with Crippen LogP contribution in [0, 0.1) is 5.92 Å². The Balaban J connectivity index is 1.44. The predicted molar refractivity (Wildman–Crippen MR) is 114 cm³/mol. The lowest BCUT2D eigenvalue weighted by molar-refractivity contribution is 0.00990. The summed E-state index contributed by atoms with van der Waals surface area (Å²) in [6, 6.07) is 4.01. The average Bonchev–Trinajstić information content (AvgIpc) is 3.59. The van der Waals surface area contributed by atoms with Gasteiger partial charge in [0.15, 0.2) is 5.96 Å². The van der Waals surface area contributed by atoms with Crippen molar-refractivity contribution in [3.05, 3.63) is 23.9 Å². The van der Waals surface area contributed by atoms with E-state index in [1.54, 1.807) is 7.11 Å². The topological polar surface area (TPSA) is 68.2 Å². The van der Waals surface area contributed by atoms with Gasteiger partial charge in [0.1, 0.15) is 0 Å². The summed E-state index contributed by atoms with van der Waals surface area (Å²) in [5, 5.41) is 3.42. The number of methoxy groups -OCH3 is 1. The molecule has 0 spiro atoms. The molecule has 1 saturated heterocycles. The van der Waals surface area contributed by atoms with Crippen LogP contribution >= 0.6 is 0 Å². The Morgan fingerprint density at radius 2 is 2.03 bits per heavy atom. The number of aromatic nitrogens is 1. The molecule has 7 nitrogen and oxygen atoms in total. The van der Waals surface area contributed by atoms with Crippen molar-refractivity contribution >= 4 is 5.96 Å². The van der Waals surface area contributed by atoms with E-state index in [0.29, 0.717) is 18.5 Å². The molecule has 162 valence electrons. The van der Waals surface area contributed by atoms with Gasteiger partial charge in [-0.25, -0.2) is 9.98 Å². The van der Waals surface area contributed by atoms with Crippen LogP contribution in [0.3, 0.4) is 0 Å². The highest BCUT2D eigenvalue weighted by Crippen LogP contribution is 2.29. The fourth-order valence-electron chi connectivity index (χ4n) is 3.36. The standard InChI is InChI=1S/C22H36N4O3/c1-3-23-22(26-11-9-20(10-12-26)28-14-4-13-27-2)25-16-19-7-8-21(24-15-19)29-17-18-5-6-18/h7-8,15,18,20H,3-6,9-14,16-17H2,1-2H3,(H,23,25). The van der Waals surface area contributed by atoms with Gasteiger partial charge in [-0.2, -0.15) is 0 Å². The van der Waals surface area contributed by atoms with Gasteiger partial charge < -0.3 is 24.4 Å². The molecule has 0 bridgehead atoms. The van der Waals surface area contributed by atoms with Gasteiger partial charge in [0.25, 0.3) is 0 Å². The van der Waals surface area contributed by atoms with Crippen molar-refractivity contribution in [2.45, 2.75) is 51.7 Å². The summed E-state index contributed by atoms with van der Waals surface area (Å²) < 4.78 is 16.8. The van der Waals surface area contributed by atoms with Crippen molar-refractivity contribution in [2.75, 3.05) is 46.6 Å². The second-order valence-corrected chi connectivity index (χ2v) is 7.83. The summed E-state index contributed by atoms with van der Waals surface area (Å²) >= 11 is 0. The lowest BCUT2D eigenvalue weighted by Gasteiger charge is -2.34. The van der Waals surface area contributed by atoms with Crippen LogP contribution in [0.15, 0.2) is 23.3 Å². The van der Waals surface area contributed by atoms with Crippen LogP contribution in [0.4, 0.5) is 0 Å². The first-order valence-corrected chi connectivity index (χ1v) is 11.0. The SMILES string of the molecule is CCNC(=NCc1ccc(OCC2CC2)nc1)N1CCC(OCCCOC)CC1. The average molecular weight is 405 g/mol. The third-order valence-corrected chi connectivity index (χ3v) is 5.30. The predicted octanol–water partition coefficient (Wildman–Crippen LogP) is 2.85. The largest absolute Gasteiger partial charge is 0.477 e. The minimum atomic E-state index is 0.346. The van der Waals surface area contributed by atoms with Crippen molar-refractivity contribution in [1.82, 2.24) is 15.2 Å². The number of aliphatic imine (C=N–C) groups is 1. The van der Waals surface area contributed by atoms with Gasteiger partial charge in [0, 0.05) is 52.2 Å². The molecule has 2 fully saturated rings. The maximum absolute atomic E-state index is 5.96. The lowest BCUT2D eigenvalue weighted by Crippen LogP contribution is -2.47. The Hall–Kier alpha value is -1.86. The monoisotopic (exact) mass is 404 g/mol. The normalized spacial score (nSPS) is 18.1. The third kappa shape index (κ3) is 7.82. The van der Waals surface area contributed by atoms with Crippen molar-refractivity contribution < 1.29 is 14.2 Å². The van der Waals surface area contributed by atoms with Crippen LogP contribution in [0.1, 0.15) is 44.6 Å². The van der Waals surface area contributed by atoms with Crippen LogP contribution in [-0.2, 0) is 16.0 Å². The number of hydrogen-bond donors (Lipinski definition) is 1. The van der Waals surface area contributed by atoms with E-state index < -0.39 is 0 Å². The number of piperidine rings is 1. The Morgan fingerprint density at radius 1 is 1.21 bits per heavy atom. The Kier molecular flexibility index (Phi) is 9.02. The maximum Gasteiger partial charge on any atom is 0.213 e. The zero-order valence-corrected chi connectivity index (χ0v) is 17.9. The number of pyridine rings is 1. The first kappa shape index (κ1) is 21.8. The molecule has 29 heavy (non-hydrogen) atoms. The number of guanidine groups is 1. The number of ether oxygens (including phenoxy) is 3. The van der Waals surface area contributed by atoms with Gasteiger partial charge in [0.05, 0.1) is 19.3 Å². The van der Waals surface area contributed by atoms with E-state index in [1.807, 2.05) is 12.3 Å². The van der Waals surface area contributed by atoms with Gasteiger partial charge in [-0.1, -0.05) is 6.07 Å². The Bertz CT molecular complexity index is 611. The molecule has 1 aliphatic carbocycles. The summed E-state index contributed by atoms with van der Waals surface area (Å²) in [6.07, 6.45) is 7.82. The van der Waals surface area contributed by atoms with Crippen molar-refractivity contribution in [2.24, 2.45) is 10.9 Å². The summed E-state index contributed by atoms with van der Waals surface area (Å²) in [7, 11) is 1.73. The van der Waals surface area contributed by atoms with Crippen LogP contribution in [0.25, 0.3) is 0 Å². The number of nitrogens with one attached hydrogen (secondary N) is 1. The van der Waals surface area contributed by atoms with Crippen molar-refractivity contribution in [3.8, 4) is 5.88 Å². The molecule has 2 aliphatic rings. The summed E-state index contributed by atoms with van der Waals surface area (Å²) in [6.45, 7) is 7.85. The molecule has 3 rings (SSSR count). The third-order valence-electron chi connectivity index (χ3n) is 5.30. The molecule has 1 saturated carbocycles. The van der Waals surface area contributed by atoms with E-state index in [4.69, 9.17) is 19.2 Å². The molecule has 0 amide bonds. The van der Waals surface area contributed by atoms with Gasteiger partial charge >= 0.3 is 0 Å². The molecule has 0 atom stereocenters. The highest BCUT2D eigenvalue weighted by Gasteiger charge is 2.22. The Labute approximate surface area is 174 Å². The van der Waals surface area contributed by atoms with E-state index in [1.165, 1.54) is 12.8 Å². The number of hydrogen-bond acceptors (Lipinski definition) is 5. The van der Waals surface area contributed by atoms with Crippen LogP contribution in [0.5, 0.6) is 5.88 Å². The molecule has 0 unspecified atom stereocenters. The van der Waals surface area contributed by atoms with Crippen molar-refractivity contribution in [1.29, 1.82) is 0 Å². The smallest absolute Gasteiger partial charge is 0.213 e. The van der Waals surface area contributed by atoms with E-state index in [-0.39, 0.29) is 0 Å². The molecule has 0 aromatic carbocycles. The van der Waals surface area contributed by atoms with Crippen LogP contribution in [0.2, 0.25) is 0 Å². The zero-order chi connectivity index (χ0) is 20.3. The number of likely N-dealkylation sites (tertiary alicyclic amines) is 1. The number of nitrogens with zero attached hydrogens (tertiary/aromatic N) is 3. The molecule has 2 heterocycles. The van der Waals surface area contributed by atoms with E-state index in [0.717, 1.165) is 76.2 Å². The summed E-state index contributed by atoms with van der Waals surface area (Å²) in [5.41, 5.74) is 1.09. The number of rotatable bonds is 11. The molecular formula is C22H36N4O3. The molecule has 1 aliphatic heterocycles. The van der Waals surface area contributed by atoms with Gasteiger partial charge in [-0.05, 0) is 50.5 Å². The second kappa shape index (κ2) is 12.0. The summed E-state index contributed by atoms with van der Waals surface area (Å²) in [4.78, 5) is 11.6. The minimum absolute atomic E-state index is 0.346. The van der Waals surface area contributed by atoms with E-state index in [9.17, 15) is 0 Å². The van der Waals surface area contributed by atoms with Gasteiger partial charge in [-0.3, -0.25) is 0 Å². The Morgan fingerprint density at radius 3 is 2.69 bits per heavy atom. The highest BCUT2D eigenvalue weighted by atomic mass is 16.5. The molecule has 0 radical (unpaired) electrons. The van der Waals surface area contributed by atoms with E-state index in [2.05, 4.69) is 28.2 Å². The maximum atomic E-state index is 5.96. The van der Waals surface area contributed by atoms with Crippen LogP contribution in [-0.4, -0.2) is 68.5 Å².